The molecule has 0 heterocycles. The van der Waals surface area contributed by atoms with Crippen molar-refractivity contribution in [2.24, 2.45) is 11.8 Å². The summed E-state index contributed by atoms with van der Waals surface area (Å²) in [5, 5.41) is 0. The van der Waals surface area contributed by atoms with Gasteiger partial charge in [-0.05, 0) is 11.8 Å². The fourth-order valence-electron chi connectivity index (χ4n) is 5.47. The summed E-state index contributed by atoms with van der Waals surface area (Å²) in [6.07, 6.45) is 41.3. The summed E-state index contributed by atoms with van der Waals surface area (Å²) < 4.78 is 0. The maximum Gasteiger partial charge on any atom is -0.0443 e. The lowest BCUT2D eigenvalue weighted by Crippen LogP contribution is -1.95. The minimum absolute atomic E-state index is 0.895. The average molecular weight is 479 g/mol. The summed E-state index contributed by atoms with van der Waals surface area (Å²) >= 11 is 0. The average Bonchev–Trinajstić information content (AvgIpc) is 2.82. The van der Waals surface area contributed by atoms with Gasteiger partial charge in [0.15, 0.2) is 0 Å². The van der Waals surface area contributed by atoms with E-state index < -0.39 is 0 Å². The van der Waals surface area contributed by atoms with E-state index in [0.717, 1.165) is 11.8 Å². The van der Waals surface area contributed by atoms with Crippen LogP contribution in [0, 0.1) is 11.8 Å². The molecule has 1 atom stereocenters. The summed E-state index contributed by atoms with van der Waals surface area (Å²) in [7, 11) is 0. The molecule has 0 aromatic heterocycles. The van der Waals surface area contributed by atoms with Crippen LogP contribution in [0.1, 0.15) is 207 Å². The van der Waals surface area contributed by atoms with Gasteiger partial charge in [-0.2, -0.15) is 0 Å². The number of hydrogen-bond donors (Lipinski definition) is 0. The van der Waals surface area contributed by atoms with Crippen LogP contribution >= 0.6 is 0 Å². The molecule has 0 aliphatic rings. The van der Waals surface area contributed by atoms with Gasteiger partial charge in [-0.25, -0.2) is 0 Å². The van der Waals surface area contributed by atoms with Gasteiger partial charge in [-0.15, -0.1) is 0 Å². The Bertz CT molecular complexity index is 344. The van der Waals surface area contributed by atoms with Crippen LogP contribution in [0.5, 0.6) is 0 Å². The van der Waals surface area contributed by atoms with Gasteiger partial charge < -0.3 is 0 Å². The van der Waals surface area contributed by atoms with E-state index in [9.17, 15) is 0 Å². The normalized spacial score (nSPS) is 12.6. The lowest BCUT2D eigenvalue weighted by Gasteiger charge is -2.11. The molecule has 0 amide bonds. The van der Waals surface area contributed by atoms with Crippen molar-refractivity contribution < 1.29 is 0 Å². The Balaban J connectivity index is 3.14. The lowest BCUT2D eigenvalue weighted by molar-refractivity contribution is 0.429. The first kappa shape index (κ1) is 34.0. The van der Waals surface area contributed by atoms with Gasteiger partial charge in [-0.3, -0.25) is 0 Å². The Labute approximate surface area is 219 Å². The monoisotopic (exact) mass is 479 g/mol. The van der Waals surface area contributed by atoms with Gasteiger partial charge >= 0.3 is 0 Å². The molecule has 0 spiro atoms. The second-order valence-electron chi connectivity index (χ2n) is 12.4. The Hall–Kier alpha value is 0. The SMILES string of the molecule is CCCCCCCCCCCCCCCCCCC(C)CCCCCCCCCCCC(C)C. The van der Waals surface area contributed by atoms with E-state index in [4.69, 9.17) is 0 Å². The zero-order valence-corrected chi connectivity index (χ0v) is 25.0. The fraction of sp³-hybridized carbons (Fsp3) is 1.00. The van der Waals surface area contributed by atoms with Crippen LogP contribution in [0.2, 0.25) is 0 Å². The molecule has 0 aliphatic carbocycles. The molecule has 0 aliphatic heterocycles. The maximum absolute atomic E-state index is 2.50. The summed E-state index contributed by atoms with van der Waals surface area (Å²) in [6, 6.07) is 0. The maximum atomic E-state index is 2.50. The zero-order valence-electron chi connectivity index (χ0n) is 25.0. The van der Waals surface area contributed by atoms with Crippen molar-refractivity contribution in [3.63, 3.8) is 0 Å². The Kier molecular flexibility index (Phi) is 29.2. The first-order valence-electron chi connectivity index (χ1n) is 16.7. The third-order valence-electron chi connectivity index (χ3n) is 8.03. The highest BCUT2D eigenvalue weighted by Gasteiger charge is 2.02. The van der Waals surface area contributed by atoms with Crippen molar-refractivity contribution in [2.45, 2.75) is 207 Å². The predicted molar refractivity (Wildman–Crippen MR) is 159 cm³/mol. The smallest absolute Gasteiger partial charge is 0.0443 e. The van der Waals surface area contributed by atoms with E-state index in [1.165, 1.54) is 180 Å². The highest BCUT2D eigenvalue weighted by atomic mass is 14.1. The van der Waals surface area contributed by atoms with E-state index in [0.29, 0.717) is 0 Å². The van der Waals surface area contributed by atoms with Gasteiger partial charge in [0.2, 0.25) is 0 Å². The van der Waals surface area contributed by atoms with Gasteiger partial charge in [0.25, 0.3) is 0 Å². The molecule has 0 bridgehead atoms. The van der Waals surface area contributed by atoms with E-state index >= 15 is 0 Å². The molecule has 0 aromatic carbocycles. The summed E-state index contributed by atoms with van der Waals surface area (Å²) in [6.45, 7) is 9.51. The largest absolute Gasteiger partial charge is 0.0654 e. The van der Waals surface area contributed by atoms with Crippen molar-refractivity contribution in [1.29, 1.82) is 0 Å². The minimum Gasteiger partial charge on any atom is -0.0654 e. The number of rotatable bonds is 29. The second kappa shape index (κ2) is 29.2. The molecule has 0 nitrogen and oxygen atoms in total. The molecule has 34 heavy (non-hydrogen) atoms. The molecule has 0 aromatic rings. The first-order chi connectivity index (χ1) is 16.7. The van der Waals surface area contributed by atoms with E-state index in [2.05, 4.69) is 27.7 Å². The molecule has 0 saturated carbocycles. The summed E-state index contributed by atoms with van der Waals surface area (Å²) in [4.78, 5) is 0. The molecule has 1 unspecified atom stereocenters. The highest BCUT2D eigenvalue weighted by Crippen LogP contribution is 2.19. The fourth-order valence-corrected chi connectivity index (χ4v) is 5.47. The van der Waals surface area contributed by atoms with Crippen LogP contribution < -0.4 is 0 Å². The van der Waals surface area contributed by atoms with E-state index in [-0.39, 0.29) is 0 Å². The van der Waals surface area contributed by atoms with Crippen molar-refractivity contribution in [3.05, 3.63) is 0 Å². The van der Waals surface area contributed by atoms with Crippen LogP contribution in [0.15, 0.2) is 0 Å². The van der Waals surface area contributed by atoms with Crippen molar-refractivity contribution >= 4 is 0 Å². The second-order valence-corrected chi connectivity index (χ2v) is 12.4. The molecule has 0 rings (SSSR count). The molecule has 206 valence electrons. The van der Waals surface area contributed by atoms with Crippen LogP contribution in [0.4, 0.5) is 0 Å². The number of unbranched alkanes of at least 4 members (excludes halogenated alkanes) is 23. The van der Waals surface area contributed by atoms with Gasteiger partial charge in [0, 0.05) is 0 Å². The molecule has 0 saturated heterocycles. The minimum atomic E-state index is 0.895. The van der Waals surface area contributed by atoms with Gasteiger partial charge in [-0.1, -0.05) is 207 Å². The summed E-state index contributed by atoms with van der Waals surface area (Å²) in [5.41, 5.74) is 0. The first-order valence-corrected chi connectivity index (χ1v) is 16.7. The van der Waals surface area contributed by atoms with Crippen molar-refractivity contribution in [3.8, 4) is 0 Å². The summed E-state index contributed by atoms with van der Waals surface area (Å²) in [5.74, 6) is 1.86. The molecule has 0 N–H and O–H groups in total. The quantitative estimate of drug-likeness (QED) is 0.0937. The Morgan fingerprint density at radius 2 is 0.529 bits per heavy atom. The van der Waals surface area contributed by atoms with Crippen LogP contribution in [-0.2, 0) is 0 Å². The van der Waals surface area contributed by atoms with Crippen molar-refractivity contribution in [1.82, 2.24) is 0 Å². The topological polar surface area (TPSA) is 0 Å². The predicted octanol–water partition coefficient (Wildman–Crippen LogP) is 13.2. The van der Waals surface area contributed by atoms with Gasteiger partial charge in [0.1, 0.15) is 0 Å². The molecule has 0 heteroatoms. The van der Waals surface area contributed by atoms with Crippen molar-refractivity contribution in [2.75, 3.05) is 0 Å². The molecule has 0 radical (unpaired) electrons. The third kappa shape index (κ3) is 30.0. The van der Waals surface area contributed by atoms with Crippen LogP contribution in [0.25, 0.3) is 0 Å². The standard InChI is InChI=1S/C34H70/c1-5-6-7-8-9-10-11-12-13-14-15-16-19-22-25-28-31-34(4)32-29-26-23-20-17-18-21-24-27-30-33(2)3/h33-34H,5-32H2,1-4H3. The molecular formula is C34H70. The molecule has 0 fully saturated rings. The third-order valence-corrected chi connectivity index (χ3v) is 8.03. The van der Waals surface area contributed by atoms with Gasteiger partial charge in [0.05, 0.1) is 0 Å². The molecular weight excluding hydrogens is 408 g/mol. The van der Waals surface area contributed by atoms with Crippen LogP contribution in [-0.4, -0.2) is 0 Å². The Morgan fingerprint density at radius 1 is 0.294 bits per heavy atom. The Morgan fingerprint density at radius 3 is 0.794 bits per heavy atom. The number of hydrogen-bond acceptors (Lipinski definition) is 0. The zero-order chi connectivity index (χ0) is 25.0. The highest BCUT2D eigenvalue weighted by molar-refractivity contribution is 4.57. The lowest BCUT2D eigenvalue weighted by atomic mass is 9.95. The van der Waals surface area contributed by atoms with E-state index in [1.807, 2.05) is 0 Å². The van der Waals surface area contributed by atoms with E-state index in [1.54, 1.807) is 0 Å². The van der Waals surface area contributed by atoms with Crippen LogP contribution in [0.3, 0.4) is 0 Å².